The van der Waals surface area contributed by atoms with Crippen molar-refractivity contribution >= 4 is 0 Å². The van der Waals surface area contributed by atoms with E-state index in [9.17, 15) is 10.2 Å². The van der Waals surface area contributed by atoms with Crippen LogP contribution in [0.15, 0.2) is 24.3 Å². The lowest BCUT2D eigenvalue weighted by atomic mass is 10.1. The van der Waals surface area contributed by atoms with Gasteiger partial charge in [0.2, 0.25) is 0 Å². The zero-order chi connectivity index (χ0) is 14.3. The number of hydrogen-bond acceptors (Lipinski definition) is 4. The van der Waals surface area contributed by atoms with Crippen LogP contribution in [-0.4, -0.2) is 42.1 Å². The molecule has 0 spiro atoms. The molecule has 0 saturated carbocycles. The van der Waals surface area contributed by atoms with E-state index in [0.29, 0.717) is 12.5 Å². The van der Waals surface area contributed by atoms with Crippen LogP contribution in [0.2, 0.25) is 0 Å². The zero-order valence-corrected chi connectivity index (χ0v) is 12.0. The molecule has 1 aromatic carbocycles. The predicted octanol–water partition coefficient (Wildman–Crippen LogP) is 1.34. The highest BCUT2D eigenvalue weighted by molar-refractivity contribution is 5.27. The Bertz CT molecular complexity index is 368. The standard InChI is InChI=1S/C15H25NO3/c1-11(2)15(9-17)16-8-13(18)10-19-14-6-4-5-12(3)7-14/h4-7,11,13,15-18H,8-10H2,1-3H3/t13?,15-/m1/s1. The van der Waals surface area contributed by atoms with Gasteiger partial charge in [-0.3, -0.25) is 0 Å². The Kier molecular flexibility index (Phi) is 6.84. The monoisotopic (exact) mass is 267 g/mol. The maximum Gasteiger partial charge on any atom is 0.119 e. The second-order valence-corrected chi connectivity index (χ2v) is 5.22. The van der Waals surface area contributed by atoms with E-state index in [1.165, 1.54) is 0 Å². The van der Waals surface area contributed by atoms with Crippen LogP contribution in [0.1, 0.15) is 19.4 Å². The highest BCUT2D eigenvalue weighted by Gasteiger charge is 2.13. The minimum absolute atomic E-state index is 0.00798. The van der Waals surface area contributed by atoms with E-state index in [0.717, 1.165) is 11.3 Å². The Hall–Kier alpha value is -1.10. The molecule has 0 saturated heterocycles. The summed E-state index contributed by atoms with van der Waals surface area (Å²) in [6, 6.07) is 7.74. The molecule has 1 unspecified atom stereocenters. The van der Waals surface area contributed by atoms with Gasteiger partial charge in [-0.15, -0.1) is 0 Å². The average molecular weight is 267 g/mol. The number of aliphatic hydroxyl groups excluding tert-OH is 2. The fourth-order valence-electron chi connectivity index (χ4n) is 1.75. The Balaban J connectivity index is 2.29. The van der Waals surface area contributed by atoms with Gasteiger partial charge >= 0.3 is 0 Å². The van der Waals surface area contributed by atoms with Crippen molar-refractivity contribution in [1.82, 2.24) is 5.32 Å². The van der Waals surface area contributed by atoms with Crippen molar-refractivity contribution in [2.75, 3.05) is 19.8 Å². The summed E-state index contributed by atoms with van der Waals surface area (Å²) >= 11 is 0. The molecule has 0 bridgehead atoms. The normalized spacial score (nSPS) is 14.4. The molecule has 0 amide bonds. The van der Waals surface area contributed by atoms with Gasteiger partial charge in [0.15, 0.2) is 0 Å². The van der Waals surface area contributed by atoms with Crippen LogP contribution in [0.3, 0.4) is 0 Å². The number of hydrogen-bond donors (Lipinski definition) is 3. The summed E-state index contributed by atoms with van der Waals surface area (Å²) in [7, 11) is 0. The minimum Gasteiger partial charge on any atom is -0.491 e. The van der Waals surface area contributed by atoms with Gasteiger partial charge in [0.1, 0.15) is 18.5 Å². The third kappa shape index (κ3) is 6.05. The summed E-state index contributed by atoms with van der Waals surface area (Å²) in [6.45, 7) is 6.79. The highest BCUT2D eigenvalue weighted by Crippen LogP contribution is 2.12. The maximum absolute atomic E-state index is 9.84. The molecular formula is C15H25NO3. The summed E-state index contributed by atoms with van der Waals surface area (Å²) in [5.74, 6) is 1.09. The summed E-state index contributed by atoms with van der Waals surface area (Å²) < 4.78 is 5.52. The molecule has 1 rings (SSSR count). The first-order chi connectivity index (χ1) is 9.02. The lowest BCUT2D eigenvalue weighted by molar-refractivity contribution is 0.0961. The van der Waals surface area contributed by atoms with E-state index in [4.69, 9.17) is 4.74 Å². The fraction of sp³-hybridized carbons (Fsp3) is 0.600. The molecule has 0 heterocycles. The summed E-state index contributed by atoms with van der Waals surface area (Å²) in [5, 5.41) is 22.1. The SMILES string of the molecule is Cc1cccc(OCC(O)CN[C@H](CO)C(C)C)c1. The zero-order valence-electron chi connectivity index (χ0n) is 12.0. The first-order valence-electron chi connectivity index (χ1n) is 6.74. The molecule has 0 fully saturated rings. The Morgan fingerprint density at radius 3 is 2.63 bits per heavy atom. The molecule has 0 aliphatic heterocycles. The van der Waals surface area contributed by atoms with Gasteiger partial charge in [-0.1, -0.05) is 26.0 Å². The van der Waals surface area contributed by atoms with E-state index in [1.807, 2.05) is 45.0 Å². The van der Waals surface area contributed by atoms with Crippen molar-refractivity contribution < 1.29 is 14.9 Å². The molecule has 0 aliphatic carbocycles. The molecule has 4 nitrogen and oxygen atoms in total. The van der Waals surface area contributed by atoms with Crippen molar-refractivity contribution in [2.45, 2.75) is 32.9 Å². The highest BCUT2D eigenvalue weighted by atomic mass is 16.5. The summed E-state index contributed by atoms with van der Waals surface area (Å²) in [4.78, 5) is 0. The Morgan fingerprint density at radius 2 is 2.05 bits per heavy atom. The smallest absolute Gasteiger partial charge is 0.119 e. The van der Waals surface area contributed by atoms with Crippen LogP contribution in [-0.2, 0) is 0 Å². The van der Waals surface area contributed by atoms with Gasteiger partial charge in [0.05, 0.1) is 6.61 Å². The lowest BCUT2D eigenvalue weighted by Crippen LogP contribution is -2.42. The number of benzene rings is 1. The number of rotatable bonds is 8. The van der Waals surface area contributed by atoms with Crippen LogP contribution < -0.4 is 10.1 Å². The molecular weight excluding hydrogens is 242 g/mol. The molecule has 0 aromatic heterocycles. The molecule has 19 heavy (non-hydrogen) atoms. The van der Waals surface area contributed by atoms with Gasteiger partial charge in [-0.05, 0) is 30.5 Å². The number of nitrogens with one attached hydrogen (secondary N) is 1. The number of aryl methyl sites for hydroxylation is 1. The maximum atomic E-state index is 9.84. The minimum atomic E-state index is -0.590. The van der Waals surface area contributed by atoms with Crippen molar-refractivity contribution in [3.05, 3.63) is 29.8 Å². The molecule has 1 aromatic rings. The van der Waals surface area contributed by atoms with E-state index in [1.54, 1.807) is 0 Å². The van der Waals surface area contributed by atoms with Crippen LogP contribution in [0.5, 0.6) is 5.75 Å². The third-order valence-electron chi connectivity index (χ3n) is 3.05. The molecule has 0 aliphatic rings. The molecule has 108 valence electrons. The molecule has 2 atom stereocenters. The van der Waals surface area contributed by atoms with Crippen LogP contribution >= 0.6 is 0 Å². The first kappa shape index (κ1) is 16.0. The molecule has 4 heteroatoms. The number of aliphatic hydroxyl groups is 2. The summed E-state index contributed by atoms with van der Waals surface area (Å²) in [6.07, 6.45) is -0.590. The van der Waals surface area contributed by atoms with Crippen LogP contribution in [0.4, 0.5) is 0 Å². The van der Waals surface area contributed by atoms with Crippen molar-refractivity contribution in [2.24, 2.45) is 5.92 Å². The van der Waals surface area contributed by atoms with Gasteiger partial charge in [0, 0.05) is 12.6 Å². The van der Waals surface area contributed by atoms with Gasteiger partial charge in [-0.25, -0.2) is 0 Å². The predicted molar refractivity (Wildman–Crippen MR) is 76.4 cm³/mol. The van der Waals surface area contributed by atoms with E-state index in [-0.39, 0.29) is 19.3 Å². The first-order valence-corrected chi connectivity index (χ1v) is 6.74. The summed E-state index contributed by atoms with van der Waals surface area (Å²) in [5.41, 5.74) is 1.13. The van der Waals surface area contributed by atoms with E-state index < -0.39 is 6.10 Å². The van der Waals surface area contributed by atoms with Gasteiger partial charge < -0.3 is 20.3 Å². The van der Waals surface area contributed by atoms with Crippen molar-refractivity contribution in [1.29, 1.82) is 0 Å². The molecule has 0 radical (unpaired) electrons. The second kappa shape index (κ2) is 8.15. The van der Waals surface area contributed by atoms with E-state index in [2.05, 4.69) is 5.32 Å². The van der Waals surface area contributed by atoms with Crippen LogP contribution in [0, 0.1) is 12.8 Å². The lowest BCUT2D eigenvalue weighted by Gasteiger charge is -2.22. The van der Waals surface area contributed by atoms with Crippen molar-refractivity contribution in [3.63, 3.8) is 0 Å². The quantitative estimate of drug-likeness (QED) is 0.665. The Morgan fingerprint density at radius 1 is 1.32 bits per heavy atom. The number of ether oxygens (including phenoxy) is 1. The largest absolute Gasteiger partial charge is 0.491 e. The van der Waals surface area contributed by atoms with Crippen molar-refractivity contribution in [3.8, 4) is 5.75 Å². The fourth-order valence-corrected chi connectivity index (χ4v) is 1.75. The van der Waals surface area contributed by atoms with E-state index >= 15 is 0 Å². The topological polar surface area (TPSA) is 61.7 Å². The second-order valence-electron chi connectivity index (χ2n) is 5.22. The Labute approximate surface area is 115 Å². The van der Waals surface area contributed by atoms with Crippen LogP contribution in [0.25, 0.3) is 0 Å². The molecule has 3 N–H and O–H groups in total. The average Bonchev–Trinajstić information content (AvgIpc) is 2.37. The third-order valence-corrected chi connectivity index (χ3v) is 3.05. The van der Waals surface area contributed by atoms with Gasteiger partial charge in [-0.2, -0.15) is 0 Å². The van der Waals surface area contributed by atoms with Gasteiger partial charge in [0.25, 0.3) is 0 Å².